The van der Waals surface area contributed by atoms with Crippen LogP contribution in [0.1, 0.15) is 23.8 Å². The molecule has 4 rings (SSSR count). The van der Waals surface area contributed by atoms with Gasteiger partial charge in [-0.3, -0.25) is 4.90 Å². The molecule has 6 heteroatoms. The van der Waals surface area contributed by atoms with Crippen LogP contribution in [0.15, 0.2) is 6.33 Å². The second-order valence-corrected chi connectivity index (χ2v) is 7.72. The Kier molecular flexibility index (Phi) is 4.46. The minimum atomic E-state index is 0.793. The molecule has 0 spiro atoms. The summed E-state index contributed by atoms with van der Waals surface area (Å²) in [4.78, 5) is 14.2. The number of hydrogen-bond acceptors (Lipinski definition) is 6. The highest BCUT2D eigenvalue weighted by Gasteiger charge is 2.23. The molecule has 1 N–H and O–H groups in total. The molecule has 1 aliphatic heterocycles. The first-order valence-corrected chi connectivity index (χ1v) is 9.42. The fourth-order valence-electron chi connectivity index (χ4n) is 3.57. The SMILES string of the molecule is CC1CCc2c(sc3ncnc(NCCN4CCOCC4)c23)C1. The van der Waals surface area contributed by atoms with Gasteiger partial charge in [0.05, 0.1) is 18.6 Å². The summed E-state index contributed by atoms with van der Waals surface area (Å²) in [6, 6.07) is 0. The average Bonchev–Trinajstić information content (AvgIpc) is 2.94. The molecule has 0 saturated carbocycles. The number of nitrogens with one attached hydrogen (secondary N) is 1. The van der Waals surface area contributed by atoms with E-state index >= 15 is 0 Å². The number of nitrogens with zero attached hydrogens (tertiary/aromatic N) is 3. The normalized spacial score (nSPS) is 22.2. The fourth-order valence-corrected chi connectivity index (χ4v) is 4.92. The lowest BCUT2D eigenvalue weighted by Crippen LogP contribution is -2.39. The summed E-state index contributed by atoms with van der Waals surface area (Å²) in [5.41, 5.74) is 1.50. The molecule has 23 heavy (non-hydrogen) atoms. The van der Waals surface area contributed by atoms with Crippen LogP contribution in [0.3, 0.4) is 0 Å². The van der Waals surface area contributed by atoms with Crippen molar-refractivity contribution in [2.75, 3.05) is 44.7 Å². The first-order chi connectivity index (χ1) is 11.3. The van der Waals surface area contributed by atoms with Crippen molar-refractivity contribution in [3.63, 3.8) is 0 Å². The number of ether oxygens (including phenoxy) is 1. The molecule has 0 bridgehead atoms. The largest absolute Gasteiger partial charge is 0.379 e. The summed E-state index contributed by atoms with van der Waals surface area (Å²) < 4.78 is 5.40. The lowest BCUT2D eigenvalue weighted by atomic mass is 9.89. The smallest absolute Gasteiger partial charge is 0.138 e. The lowest BCUT2D eigenvalue weighted by Gasteiger charge is -2.26. The van der Waals surface area contributed by atoms with Crippen molar-refractivity contribution in [3.8, 4) is 0 Å². The third-order valence-electron chi connectivity index (χ3n) is 4.92. The van der Waals surface area contributed by atoms with E-state index in [-0.39, 0.29) is 0 Å². The van der Waals surface area contributed by atoms with Gasteiger partial charge in [-0.2, -0.15) is 0 Å². The van der Waals surface area contributed by atoms with E-state index in [1.807, 2.05) is 11.3 Å². The quantitative estimate of drug-likeness (QED) is 0.932. The van der Waals surface area contributed by atoms with E-state index in [0.29, 0.717) is 0 Å². The number of aromatic nitrogens is 2. The molecule has 2 aliphatic rings. The molecule has 1 atom stereocenters. The van der Waals surface area contributed by atoms with Crippen molar-refractivity contribution in [1.82, 2.24) is 14.9 Å². The van der Waals surface area contributed by atoms with Crippen LogP contribution in [0.4, 0.5) is 5.82 Å². The molecule has 1 aliphatic carbocycles. The van der Waals surface area contributed by atoms with Crippen LogP contribution in [0, 0.1) is 5.92 Å². The predicted octanol–water partition coefficient (Wildman–Crippen LogP) is 2.56. The van der Waals surface area contributed by atoms with Gasteiger partial charge in [-0.25, -0.2) is 9.97 Å². The standard InChI is InChI=1S/C17H24N4OS/c1-12-2-3-13-14(10-12)23-17-15(13)16(19-11-20-17)18-4-5-21-6-8-22-9-7-21/h11-12H,2-10H2,1H3,(H,18,19,20). The highest BCUT2D eigenvalue weighted by Crippen LogP contribution is 2.39. The van der Waals surface area contributed by atoms with Crippen LogP contribution in [0.25, 0.3) is 10.2 Å². The molecule has 1 unspecified atom stereocenters. The molecule has 2 aromatic heterocycles. The van der Waals surface area contributed by atoms with Gasteiger partial charge in [0, 0.05) is 31.1 Å². The van der Waals surface area contributed by atoms with Gasteiger partial charge in [0.2, 0.25) is 0 Å². The minimum absolute atomic E-state index is 0.793. The Balaban J connectivity index is 1.50. The molecule has 0 aromatic carbocycles. The van der Waals surface area contributed by atoms with Crippen LogP contribution in [0.5, 0.6) is 0 Å². The van der Waals surface area contributed by atoms with Crippen molar-refractivity contribution < 1.29 is 4.74 Å². The minimum Gasteiger partial charge on any atom is -0.379 e. The van der Waals surface area contributed by atoms with E-state index in [9.17, 15) is 0 Å². The van der Waals surface area contributed by atoms with Crippen LogP contribution in [0.2, 0.25) is 0 Å². The Morgan fingerprint density at radius 1 is 1.35 bits per heavy atom. The maximum absolute atomic E-state index is 5.40. The Hall–Kier alpha value is -1.24. The van der Waals surface area contributed by atoms with Crippen molar-refractivity contribution in [3.05, 3.63) is 16.8 Å². The van der Waals surface area contributed by atoms with Crippen LogP contribution < -0.4 is 5.32 Å². The summed E-state index contributed by atoms with van der Waals surface area (Å²) in [7, 11) is 0. The van der Waals surface area contributed by atoms with Crippen LogP contribution >= 0.6 is 11.3 Å². The van der Waals surface area contributed by atoms with E-state index < -0.39 is 0 Å². The molecular formula is C17H24N4OS. The summed E-state index contributed by atoms with van der Waals surface area (Å²) in [5.74, 6) is 1.82. The number of fused-ring (bicyclic) bond motifs is 3. The summed E-state index contributed by atoms with van der Waals surface area (Å²) in [5, 5.41) is 4.83. The number of aryl methyl sites for hydroxylation is 1. The van der Waals surface area contributed by atoms with Crippen LogP contribution in [-0.2, 0) is 17.6 Å². The van der Waals surface area contributed by atoms with Gasteiger partial charge in [0.1, 0.15) is 17.0 Å². The van der Waals surface area contributed by atoms with Gasteiger partial charge in [0.15, 0.2) is 0 Å². The van der Waals surface area contributed by atoms with E-state index in [4.69, 9.17) is 4.74 Å². The van der Waals surface area contributed by atoms with Crippen molar-refractivity contribution in [1.29, 1.82) is 0 Å². The third-order valence-corrected chi connectivity index (χ3v) is 6.08. The fraction of sp³-hybridized carbons (Fsp3) is 0.647. The number of thiophene rings is 1. The zero-order valence-corrected chi connectivity index (χ0v) is 14.5. The van der Waals surface area contributed by atoms with Gasteiger partial charge in [-0.1, -0.05) is 6.92 Å². The molecule has 124 valence electrons. The Morgan fingerprint density at radius 2 is 2.22 bits per heavy atom. The number of morpholine rings is 1. The van der Waals surface area contributed by atoms with E-state index in [1.54, 1.807) is 6.33 Å². The Morgan fingerprint density at radius 3 is 3.09 bits per heavy atom. The molecule has 3 heterocycles. The summed E-state index contributed by atoms with van der Waals surface area (Å²) in [6.45, 7) is 8.09. The van der Waals surface area contributed by atoms with Gasteiger partial charge in [-0.15, -0.1) is 11.3 Å². The number of rotatable bonds is 4. The first-order valence-electron chi connectivity index (χ1n) is 8.60. The molecular weight excluding hydrogens is 308 g/mol. The lowest BCUT2D eigenvalue weighted by molar-refractivity contribution is 0.0398. The predicted molar refractivity (Wildman–Crippen MR) is 94.4 cm³/mol. The Labute approximate surface area is 141 Å². The van der Waals surface area contributed by atoms with Gasteiger partial charge >= 0.3 is 0 Å². The highest BCUT2D eigenvalue weighted by molar-refractivity contribution is 7.19. The van der Waals surface area contributed by atoms with Gasteiger partial charge < -0.3 is 10.1 Å². The second kappa shape index (κ2) is 6.71. The zero-order valence-electron chi connectivity index (χ0n) is 13.7. The van der Waals surface area contributed by atoms with Gasteiger partial charge in [-0.05, 0) is 30.7 Å². The third kappa shape index (κ3) is 3.20. The molecule has 0 radical (unpaired) electrons. The monoisotopic (exact) mass is 332 g/mol. The number of anilines is 1. The number of hydrogen-bond donors (Lipinski definition) is 1. The van der Waals surface area contributed by atoms with Crippen LogP contribution in [-0.4, -0.2) is 54.3 Å². The van der Waals surface area contributed by atoms with E-state index in [0.717, 1.165) is 56.0 Å². The second-order valence-electron chi connectivity index (χ2n) is 6.63. The van der Waals surface area contributed by atoms with Crippen molar-refractivity contribution in [2.45, 2.75) is 26.2 Å². The van der Waals surface area contributed by atoms with E-state index in [2.05, 4.69) is 27.1 Å². The highest BCUT2D eigenvalue weighted by atomic mass is 32.1. The summed E-state index contributed by atoms with van der Waals surface area (Å²) in [6.07, 6.45) is 5.34. The Bertz CT molecular complexity index is 681. The first kappa shape index (κ1) is 15.3. The topological polar surface area (TPSA) is 50.3 Å². The van der Waals surface area contributed by atoms with Crippen molar-refractivity contribution in [2.24, 2.45) is 5.92 Å². The summed E-state index contributed by atoms with van der Waals surface area (Å²) >= 11 is 1.86. The zero-order chi connectivity index (χ0) is 15.6. The van der Waals surface area contributed by atoms with Gasteiger partial charge in [0.25, 0.3) is 0 Å². The molecule has 1 saturated heterocycles. The average molecular weight is 332 g/mol. The van der Waals surface area contributed by atoms with Crippen molar-refractivity contribution >= 4 is 27.4 Å². The molecule has 1 fully saturated rings. The molecule has 0 amide bonds. The molecule has 5 nitrogen and oxygen atoms in total. The maximum Gasteiger partial charge on any atom is 0.138 e. The molecule has 2 aromatic rings. The maximum atomic E-state index is 5.40. The van der Waals surface area contributed by atoms with E-state index in [1.165, 1.54) is 35.1 Å².